The summed E-state index contributed by atoms with van der Waals surface area (Å²) < 4.78 is 0.193. The van der Waals surface area contributed by atoms with Gasteiger partial charge in [-0.05, 0) is 0 Å². The Hall–Kier alpha value is -1.53. The molecule has 0 heterocycles. The molecule has 0 nitrogen and oxygen atoms in total. The molecule has 0 saturated heterocycles. The van der Waals surface area contributed by atoms with Crippen molar-refractivity contribution < 1.29 is 15.6 Å². The van der Waals surface area contributed by atoms with Crippen molar-refractivity contribution in [3.63, 3.8) is 0 Å². The molecule has 0 bridgehead atoms. The van der Waals surface area contributed by atoms with Crippen LogP contribution in [0.3, 0.4) is 0 Å². The minimum absolute atomic E-state index is 0.0964. The van der Waals surface area contributed by atoms with E-state index in [1.807, 2.05) is 0 Å². The van der Waals surface area contributed by atoms with Crippen LogP contribution in [0, 0.1) is 10.8 Å². The Balaban J connectivity index is 1.34. The minimum atomic E-state index is -5.14. The molecule has 0 N–H and O–H groups in total. The molecule has 0 amide bonds. The summed E-state index contributed by atoms with van der Waals surface area (Å²) in [5.41, 5.74) is 14.7. The zero-order chi connectivity index (χ0) is 45.7. The van der Waals surface area contributed by atoms with Gasteiger partial charge in [-0.2, -0.15) is 0 Å². The van der Waals surface area contributed by atoms with Gasteiger partial charge >= 0.3 is 405 Å². The molecule has 6 heteroatoms. The van der Waals surface area contributed by atoms with Crippen LogP contribution in [0.25, 0.3) is 34.4 Å². The zero-order valence-electron chi connectivity index (χ0n) is 41.5. The molecule has 0 aromatic heterocycles. The monoisotopic (exact) mass is 1020 g/mol. The van der Waals surface area contributed by atoms with Crippen molar-refractivity contribution in [2.24, 2.45) is 10.8 Å². The Morgan fingerprint density at radius 2 is 0.828 bits per heavy atom. The first-order valence-corrected chi connectivity index (χ1v) is 49.0. The van der Waals surface area contributed by atoms with Gasteiger partial charge in [0, 0.05) is 0 Å². The molecule has 2 fully saturated rings. The van der Waals surface area contributed by atoms with Gasteiger partial charge in [-0.15, -0.1) is 0 Å². The third kappa shape index (κ3) is 9.70. The van der Waals surface area contributed by atoms with Crippen LogP contribution in [0.1, 0.15) is 146 Å². The van der Waals surface area contributed by atoms with Gasteiger partial charge in [-0.1, -0.05) is 0 Å². The van der Waals surface area contributed by atoms with Gasteiger partial charge in [-0.3, -0.25) is 0 Å². The van der Waals surface area contributed by atoms with Gasteiger partial charge in [-0.25, -0.2) is 0 Å². The van der Waals surface area contributed by atoms with Crippen LogP contribution >= 0.6 is 17.0 Å². The van der Waals surface area contributed by atoms with Gasteiger partial charge in [0.2, 0.25) is 0 Å². The molecule has 8 rings (SSSR count). The SMILES string of the molecule is C[SiH](C)[Zr]([Cl])([Cl])([CH]1C(CC2(C)CCCCCCC2)=Cc2c(-c3ccc([Si](C)(C)C)cc3)cccc21)[CH]1C(CC2(C)CCCCCCC2)=Cc2c(-c3ccc([Si](C)(C)C)cc3)cccc21. The molecule has 4 aliphatic rings. The first kappa shape index (κ1) is 48.9. The van der Waals surface area contributed by atoms with E-state index in [2.05, 4.69) is 163 Å². The van der Waals surface area contributed by atoms with Crippen molar-refractivity contribution in [1.82, 2.24) is 0 Å². The van der Waals surface area contributed by atoms with Gasteiger partial charge in [0.25, 0.3) is 0 Å². The Morgan fingerprint density at radius 1 is 0.500 bits per heavy atom. The summed E-state index contributed by atoms with van der Waals surface area (Å²) >= 11 is -5.14. The summed E-state index contributed by atoms with van der Waals surface area (Å²) in [6, 6.07) is 33.7. The molecule has 4 aromatic rings. The van der Waals surface area contributed by atoms with E-state index in [4.69, 9.17) is 0 Å². The third-order valence-electron chi connectivity index (χ3n) is 17.0. The molecule has 0 spiro atoms. The van der Waals surface area contributed by atoms with E-state index in [-0.39, 0.29) is 18.1 Å². The van der Waals surface area contributed by atoms with Crippen molar-refractivity contribution >= 4 is 61.6 Å². The summed E-state index contributed by atoms with van der Waals surface area (Å²) in [5.74, 6) is -1.77. The number of allylic oxidation sites excluding steroid dienone is 2. The van der Waals surface area contributed by atoms with Crippen LogP contribution in [0.4, 0.5) is 0 Å². The first-order chi connectivity index (χ1) is 30.2. The number of hydrogen-bond donors (Lipinski definition) is 0. The zero-order valence-corrected chi connectivity index (χ0v) is 48.7. The summed E-state index contributed by atoms with van der Waals surface area (Å²) in [4.78, 5) is 0. The first-order valence-electron chi connectivity index (χ1n) is 25.7. The van der Waals surface area contributed by atoms with Crippen LogP contribution in [0.2, 0.25) is 52.4 Å². The molecule has 343 valence electrons. The maximum absolute atomic E-state index is 9.33. The van der Waals surface area contributed by atoms with Crippen LogP contribution in [-0.2, 0) is 15.6 Å². The van der Waals surface area contributed by atoms with Crippen molar-refractivity contribution in [1.29, 1.82) is 0 Å². The predicted octanol–water partition coefficient (Wildman–Crippen LogP) is 17.9. The second-order valence-corrected chi connectivity index (χ2v) is 77.1. The van der Waals surface area contributed by atoms with Crippen molar-refractivity contribution in [2.45, 2.75) is 176 Å². The summed E-state index contributed by atoms with van der Waals surface area (Å²) in [7, 11) is 15.8. The summed E-state index contributed by atoms with van der Waals surface area (Å²) in [6.45, 7) is 25.1. The van der Waals surface area contributed by atoms with Crippen LogP contribution in [0.15, 0.2) is 96.1 Å². The van der Waals surface area contributed by atoms with E-state index in [1.54, 1.807) is 11.1 Å². The van der Waals surface area contributed by atoms with Crippen LogP contribution in [0.5, 0.6) is 0 Å². The van der Waals surface area contributed by atoms with Crippen LogP contribution < -0.4 is 10.4 Å². The average molecular weight is 1020 g/mol. The second kappa shape index (κ2) is 18.8. The van der Waals surface area contributed by atoms with Gasteiger partial charge < -0.3 is 0 Å². The normalized spacial score (nSPS) is 22.2. The molecular formula is C58H81Cl2Si3Zr. The van der Waals surface area contributed by atoms with E-state index >= 15 is 0 Å². The van der Waals surface area contributed by atoms with Gasteiger partial charge in [0.15, 0.2) is 0 Å². The number of rotatable bonds is 11. The van der Waals surface area contributed by atoms with Gasteiger partial charge in [0.05, 0.1) is 0 Å². The van der Waals surface area contributed by atoms with E-state index < -0.39 is 37.6 Å². The van der Waals surface area contributed by atoms with E-state index in [0.29, 0.717) is 0 Å². The Morgan fingerprint density at radius 3 is 1.14 bits per heavy atom. The standard InChI is InChI=1S/2C28H37Si.C2H7Si.2ClH.Zr/c2*1-28(17-8-6-5-7-9-18-28)21-22-19-24-11-10-12-26(27(24)20-22)23-13-15-25(16-14-23)29(2,3)4;1-3-2;;;/h2*10-16,19-20H,5-9,17-18,21H2,1-4H3;3H,1-2H3;2*1H;/q;;;;;+2/p-2. The van der Waals surface area contributed by atoms with E-state index in [9.17, 15) is 17.0 Å². The molecule has 2 saturated carbocycles. The average Bonchev–Trinajstić information content (AvgIpc) is 3.79. The van der Waals surface area contributed by atoms with E-state index in [0.717, 1.165) is 12.8 Å². The molecule has 2 atom stereocenters. The molecule has 4 aliphatic carbocycles. The molecule has 64 heavy (non-hydrogen) atoms. The number of fused-ring (bicyclic) bond motifs is 2. The summed E-state index contributed by atoms with van der Waals surface area (Å²) in [6.07, 6.45) is 26.3. The Kier molecular flexibility index (Phi) is 14.3. The third-order valence-corrected chi connectivity index (χ3v) is 73.0. The second-order valence-electron chi connectivity index (χ2n) is 24.5. The molecule has 0 radical (unpaired) electrons. The van der Waals surface area contributed by atoms with Crippen molar-refractivity contribution in [2.75, 3.05) is 0 Å². The number of hydrogen-bond acceptors (Lipinski definition) is 0. The number of halogens is 2. The van der Waals surface area contributed by atoms with E-state index in [1.165, 1.54) is 145 Å². The molecule has 0 aliphatic heterocycles. The quantitative estimate of drug-likeness (QED) is 0.131. The fourth-order valence-electron chi connectivity index (χ4n) is 13.0. The topological polar surface area (TPSA) is 0 Å². The van der Waals surface area contributed by atoms with Crippen molar-refractivity contribution in [3.05, 3.63) is 118 Å². The summed E-state index contributed by atoms with van der Waals surface area (Å²) in [5, 5.41) is 3.03. The molecular weight excluding hydrogens is 943 g/mol. The van der Waals surface area contributed by atoms with Crippen LogP contribution in [-0.4, -0.2) is 22.1 Å². The van der Waals surface area contributed by atoms with Crippen molar-refractivity contribution in [3.8, 4) is 22.3 Å². The molecule has 4 aromatic carbocycles. The Labute approximate surface area is 401 Å². The number of benzene rings is 4. The fourth-order valence-corrected chi connectivity index (χ4v) is 46.7. The maximum atomic E-state index is 9.33. The van der Waals surface area contributed by atoms with Gasteiger partial charge in [0.1, 0.15) is 0 Å². The predicted molar refractivity (Wildman–Crippen MR) is 292 cm³/mol. The fraction of sp³-hybridized carbons (Fsp3) is 0.517. The Bertz CT molecular complexity index is 2200. The molecule has 2 unspecified atom stereocenters.